The number of carbonyl (C=O) groups is 3. The maximum Gasteiger partial charge on any atom is 0.254 e. The molecule has 3 N–H and O–H groups in total. The molecule has 2 aromatic rings. The van der Waals surface area contributed by atoms with Crippen LogP contribution in [0.5, 0.6) is 0 Å². The quantitative estimate of drug-likeness (QED) is 0.729. The van der Waals surface area contributed by atoms with E-state index in [1.54, 1.807) is 29.2 Å². The van der Waals surface area contributed by atoms with Gasteiger partial charge < -0.3 is 16.0 Å². The molecule has 1 aliphatic heterocycles. The molecule has 3 rings (SSSR count). The molecular weight excluding hydrogens is 373 g/mol. The van der Waals surface area contributed by atoms with Gasteiger partial charge in [0.1, 0.15) is 5.82 Å². The Bertz CT molecular complexity index is 898. The summed E-state index contributed by atoms with van der Waals surface area (Å²) in [4.78, 5) is 39.9. The number of nitrogens with zero attached hydrogens (tertiary/aromatic N) is 1. The summed E-state index contributed by atoms with van der Waals surface area (Å²) in [5, 5.41) is 2.77. The van der Waals surface area contributed by atoms with Crippen LogP contribution >= 0.6 is 0 Å². The van der Waals surface area contributed by atoms with E-state index in [1.807, 2.05) is 0 Å². The van der Waals surface area contributed by atoms with Crippen molar-refractivity contribution in [1.29, 1.82) is 0 Å². The van der Waals surface area contributed by atoms with Gasteiger partial charge in [-0.15, -0.1) is 0 Å². The van der Waals surface area contributed by atoms with Crippen LogP contribution < -0.4 is 11.1 Å². The SMILES string of the molecule is NCCNC(=O)C1CCCN(C(=O)c2ccccc2C(=O)c2ccc(F)cc2)C1. The highest BCUT2D eigenvalue weighted by Crippen LogP contribution is 2.22. The van der Waals surface area contributed by atoms with Crippen molar-refractivity contribution in [3.63, 3.8) is 0 Å². The van der Waals surface area contributed by atoms with Crippen LogP contribution in [-0.4, -0.2) is 48.7 Å². The minimum atomic E-state index is -0.432. The van der Waals surface area contributed by atoms with Crippen molar-refractivity contribution in [2.75, 3.05) is 26.2 Å². The second-order valence-corrected chi connectivity index (χ2v) is 7.05. The molecule has 0 saturated carbocycles. The molecule has 2 amide bonds. The lowest BCUT2D eigenvalue weighted by atomic mass is 9.94. The Hall–Kier alpha value is -3.06. The van der Waals surface area contributed by atoms with Crippen LogP contribution in [0.4, 0.5) is 4.39 Å². The van der Waals surface area contributed by atoms with E-state index in [4.69, 9.17) is 5.73 Å². The second kappa shape index (κ2) is 9.43. The Morgan fingerprint density at radius 2 is 1.76 bits per heavy atom. The van der Waals surface area contributed by atoms with Crippen LogP contribution in [0.2, 0.25) is 0 Å². The number of ketones is 1. The Morgan fingerprint density at radius 1 is 1.07 bits per heavy atom. The first-order valence-electron chi connectivity index (χ1n) is 9.67. The van der Waals surface area contributed by atoms with Gasteiger partial charge >= 0.3 is 0 Å². The standard InChI is InChI=1S/C22H24FN3O3/c23-17-9-7-15(8-10-17)20(27)18-5-1-2-6-19(18)22(29)26-13-3-4-16(14-26)21(28)25-12-11-24/h1-2,5-10,16H,3-4,11-14,24H2,(H,25,28). The predicted molar refractivity (Wildman–Crippen MR) is 107 cm³/mol. The maximum absolute atomic E-state index is 13.2. The number of halogens is 1. The molecule has 0 aliphatic carbocycles. The molecule has 1 atom stereocenters. The number of nitrogens with two attached hydrogens (primary N) is 1. The van der Waals surface area contributed by atoms with Crippen LogP contribution in [0.3, 0.4) is 0 Å². The summed E-state index contributed by atoms with van der Waals surface area (Å²) < 4.78 is 13.2. The number of hydrogen-bond donors (Lipinski definition) is 2. The van der Waals surface area contributed by atoms with Crippen molar-refractivity contribution in [1.82, 2.24) is 10.2 Å². The van der Waals surface area contributed by atoms with Crippen LogP contribution in [0.1, 0.15) is 39.1 Å². The van der Waals surface area contributed by atoms with E-state index < -0.39 is 5.82 Å². The Kier molecular flexibility index (Phi) is 6.72. The van der Waals surface area contributed by atoms with Crippen molar-refractivity contribution in [2.24, 2.45) is 11.7 Å². The zero-order chi connectivity index (χ0) is 20.8. The molecule has 1 unspecified atom stereocenters. The van der Waals surface area contributed by atoms with E-state index >= 15 is 0 Å². The average Bonchev–Trinajstić information content (AvgIpc) is 2.77. The Labute approximate surface area is 168 Å². The highest BCUT2D eigenvalue weighted by atomic mass is 19.1. The van der Waals surface area contributed by atoms with E-state index in [0.29, 0.717) is 44.6 Å². The number of amides is 2. The number of rotatable bonds is 6. The molecule has 0 spiro atoms. The molecule has 29 heavy (non-hydrogen) atoms. The van der Waals surface area contributed by atoms with Crippen molar-refractivity contribution in [3.8, 4) is 0 Å². The lowest BCUT2D eigenvalue weighted by Gasteiger charge is -2.32. The van der Waals surface area contributed by atoms with Crippen molar-refractivity contribution < 1.29 is 18.8 Å². The van der Waals surface area contributed by atoms with Crippen molar-refractivity contribution in [2.45, 2.75) is 12.8 Å². The van der Waals surface area contributed by atoms with E-state index in [0.717, 1.165) is 0 Å². The molecule has 1 saturated heterocycles. The smallest absolute Gasteiger partial charge is 0.254 e. The van der Waals surface area contributed by atoms with E-state index in [1.165, 1.54) is 24.3 Å². The molecular formula is C22H24FN3O3. The molecule has 1 aliphatic rings. The molecule has 152 valence electrons. The summed E-state index contributed by atoms with van der Waals surface area (Å²) >= 11 is 0. The van der Waals surface area contributed by atoms with Crippen LogP contribution in [0.25, 0.3) is 0 Å². The van der Waals surface area contributed by atoms with Gasteiger partial charge in [-0.1, -0.05) is 18.2 Å². The van der Waals surface area contributed by atoms with E-state index in [2.05, 4.69) is 5.32 Å². The zero-order valence-electron chi connectivity index (χ0n) is 16.1. The van der Waals surface area contributed by atoms with E-state index in [-0.39, 0.29) is 34.6 Å². The summed E-state index contributed by atoms with van der Waals surface area (Å²) in [6.07, 6.45) is 1.41. The largest absolute Gasteiger partial charge is 0.355 e. The van der Waals surface area contributed by atoms with Crippen molar-refractivity contribution in [3.05, 3.63) is 71.0 Å². The summed E-state index contributed by atoms with van der Waals surface area (Å²) in [6, 6.07) is 11.8. The van der Waals surface area contributed by atoms with Gasteiger partial charge in [0.25, 0.3) is 5.91 Å². The molecule has 1 heterocycles. The van der Waals surface area contributed by atoms with Gasteiger partial charge in [-0.2, -0.15) is 0 Å². The number of nitrogens with one attached hydrogen (secondary N) is 1. The summed E-state index contributed by atoms with van der Waals surface area (Å²) in [5.41, 5.74) is 6.28. The molecule has 2 aromatic carbocycles. The van der Waals surface area contributed by atoms with Gasteiger partial charge in [-0.05, 0) is 43.2 Å². The predicted octanol–water partition coefficient (Wildman–Crippen LogP) is 1.98. The number of hydrogen-bond acceptors (Lipinski definition) is 4. The maximum atomic E-state index is 13.2. The first kappa shape index (κ1) is 20.7. The number of benzene rings is 2. The molecule has 7 heteroatoms. The minimum absolute atomic E-state index is 0.108. The van der Waals surface area contributed by atoms with Gasteiger partial charge in [0.15, 0.2) is 5.78 Å². The Balaban J connectivity index is 1.80. The molecule has 0 radical (unpaired) electrons. The normalized spacial score (nSPS) is 16.3. The first-order chi connectivity index (χ1) is 14.0. The van der Waals surface area contributed by atoms with Gasteiger partial charge in [0, 0.05) is 37.3 Å². The van der Waals surface area contributed by atoms with Crippen LogP contribution in [-0.2, 0) is 4.79 Å². The summed E-state index contributed by atoms with van der Waals surface area (Å²) in [5.74, 6) is -1.46. The minimum Gasteiger partial charge on any atom is -0.355 e. The highest BCUT2D eigenvalue weighted by molar-refractivity contribution is 6.15. The molecule has 0 aromatic heterocycles. The monoisotopic (exact) mass is 397 g/mol. The van der Waals surface area contributed by atoms with Crippen LogP contribution in [0, 0.1) is 11.7 Å². The van der Waals surface area contributed by atoms with Gasteiger partial charge in [-0.25, -0.2) is 4.39 Å². The molecule has 1 fully saturated rings. The third-order valence-electron chi connectivity index (χ3n) is 5.03. The fourth-order valence-electron chi connectivity index (χ4n) is 3.51. The van der Waals surface area contributed by atoms with Gasteiger partial charge in [0.2, 0.25) is 5.91 Å². The zero-order valence-corrected chi connectivity index (χ0v) is 16.1. The van der Waals surface area contributed by atoms with Crippen LogP contribution in [0.15, 0.2) is 48.5 Å². The molecule has 0 bridgehead atoms. The topological polar surface area (TPSA) is 92.5 Å². The number of carbonyl (C=O) groups excluding carboxylic acids is 3. The summed E-state index contributed by atoms with van der Waals surface area (Å²) in [6.45, 7) is 1.59. The second-order valence-electron chi connectivity index (χ2n) is 7.05. The fraction of sp³-hybridized carbons (Fsp3) is 0.318. The van der Waals surface area contributed by atoms with Gasteiger partial charge in [0.05, 0.1) is 11.5 Å². The van der Waals surface area contributed by atoms with Gasteiger partial charge in [-0.3, -0.25) is 14.4 Å². The molecule has 6 nitrogen and oxygen atoms in total. The third-order valence-corrected chi connectivity index (χ3v) is 5.03. The lowest BCUT2D eigenvalue weighted by molar-refractivity contribution is -0.126. The summed E-state index contributed by atoms with van der Waals surface area (Å²) in [7, 11) is 0. The average molecular weight is 397 g/mol. The van der Waals surface area contributed by atoms with E-state index in [9.17, 15) is 18.8 Å². The fourth-order valence-corrected chi connectivity index (χ4v) is 3.51. The van der Waals surface area contributed by atoms with Crippen molar-refractivity contribution >= 4 is 17.6 Å². The third kappa shape index (κ3) is 4.86. The first-order valence-corrected chi connectivity index (χ1v) is 9.67. The lowest BCUT2D eigenvalue weighted by Crippen LogP contribution is -2.46. The highest BCUT2D eigenvalue weighted by Gasteiger charge is 2.30. The number of likely N-dealkylation sites (tertiary alicyclic amines) is 1. The Morgan fingerprint density at radius 3 is 2.45 bits per heavy atom. The number of piperidine rings is 1.